The first kappa shape index (κ1) is 9.04. The zero-order chi connectivity index (χ0) is 6.69. The first-order chi connectivity index (χ1) is 4.33. The van der Waals surface area contributed by atoms with Gasteiger partial charge in [0.15, 0.2) is 0 Å². The molecular formula is C6H10ClN3. The summed E-state index contributed by atoms with van der Waals surface area (Å²) in [5.74, 6) is 0. The van der Waals surface area contributed by atoms with Crippen molar-refractivity contribution in [3.63, 3.8) is 0 Å². The van der Waals surface area contributed by atoms with Crippen LogP contribution in [0.1, 0.15) is 0 Å². The molecule has 10 heavy (non-hydrogen) atoms. The lowest BCUT2D eigenvalue weighted by atomic mass is 10.6. The Morgan fingerprint density at radius 3 is 2.90 bits per heavy atom. The summed E-state index contributed by atoms with van der Waals surface area (Å²) >= 11 is 0. The first-order valence-corrected chi connectivity index (χ1v) is 2.72. The molecule has 0 aromatic carbocycles. The Kier molecular flexibility index (Phi) is 3.57. The highest BCUT2D eigenvalue weighted by molar-refractivity contribution is 5.85. The Labute approximate surface area is 65.9 Å². The Morgan fingerprint density at radius 1 is 1.80 bits per heavy atom. The number of allylic oxidation sites excluding steroid dienone is 1. The summed E-state index contributed by atoms with van der Waals surface area (Å²) in [7, 11) is 0. The zero-order valence-electron chi connectivity index (χ0n) is 5.53. The van der Waals surface area contributed by atoms with Crippen molar-refractivity contribution in [2.75, 3.05) is 5.73 Å². The molecule has 0 unspecified atom stereocenters. The predicted molar refractivity (Wildman–Crippen MR) is 44.1 cm³/mol. The van der Waals surface area contributed by atoms with Crippen LogP contribution in [-0.2, 0) is 6.54 Å². The van der Waals surface area contributed by atoms with E-state index < -0.39 is 0 Å². The fourth-order valence-corrected chi connectivity index (χ4v) is 0.612. The number of hydrogen-bond donors (Lipinski definition) is 1. The molecule has 1 aromatic heterocycles. The van der Waals surface area contributed by atoms with Crippen molar-refractivity contribution in [2.45, 2.75) is 6.54 Å². The number of anilines is 1. The zero-order valence-corrected chi connectivity index (χ0v) is 6.34. The lowest BCUT2D eigenvalue weighted by Gasteiger charge is -1.89. The van der Waals surface area contributed by atoms with Crippen molar-refractivity contribution in [1.82, 2.24) is 9.78 Å². The Bertz CT molecular complexity index is 207. The molecule has 0 bridgehead atoms. The highest BCUT2D eigenvalue weighted by Gasteiger charge is 1.87. The van der Waals surface area contributed by atoms with Crippen LogP contribution in [-0.4, -0.2) is 9.78 Å². The largest absolute Gasteiger partial charge is 0.396 e. The SMILES string of the molecule is C=CCn1cc(N)cn1.Cl. The van der Waals surface area contributed by atoms with Crippen LogP contribution in [0.5, 0.6) is 0 Å². The molecule has 2 N–H and O–H groups in total. The lowest BCUT2D eigenvalue weighted by molar-refractivity contribution is 0.703. The smallest absolute Gasteiger partial charge is 0.0719 e. The van der Waals surface area contributed by atoms with Crippen molar-refractivity contribution < 1.29 is 0 Å². The highest BCUT2D eigenvalue weighted by atomic mass is 35.5. The molecule has 3 nitrogen and oxygen atoms in total. The van der Waals surface area contributed by atoms with Gasteiger partial charge in [-0.15, -0.1) is 19.0 Å². The molecule has 0 amide bonds. The topological polar surface area (TPSA) is 43.8 Å². The summed E-state index contributed by atoms with van der Waals surface area (Å²) in [5, 5.41) is 3.93. The molecule has 4 heteroatoms. The van der Waals surface area contributed by atoms with Gasteiger partial charge >= 0.3 is 0 Å². The minimum atomic E-state index is 0. The molecule has 56 valence electrons. The van der Waals surface area contributed by atoms with Crippen LogP contribution in [0.3, 0.4) is 0 Å². The van der Waals surface area contributed by atoms with Gasteiger partial charge in [-0.05, 0) is 0 Å². The normalized spacial score (nSPS) is 8.40. The van der Waals surface area contributed by atoms with Crippen LogP contribution in [0, 0.1) is 0 Å². The van der Waals surface area contributed by atoms with Crippen molar-refractivity contribution in [3.8, 4) is 0 Å². The van der Waals surface area contributed by atoms with Crippen LogP contribution in [0.15, 0.2) is 25.0 Å². The molecule has 0 saturated heterocycles. The van der Waals surface area contributed by atoms with Crippen LogP contribution in [0.2, 0.25) is 0 Å². The van der Waals surface area contributed by atoms with E-state index >= 15 is 0 Å². The molecule has 0 saturated carbocycles. The van der Waals surface area contributed by atoms with Gasteiger partial charge in [0.25, 0.3) is 0 Å². The van der Waals surface area contributed by atoms with Crippen LogP contribution >= 0.6 is 12.4 Å². The van der Waals surface area contributed by atoms with Crippen LogP contribution < -0.4 is 5.73 Å². The number of aromatic nitrogens is 2. The van der Waals surface area contributed by atoms with E-state index in [0.717, 1.165) is 6.54 Å². The molecule has 0 aliphatic carbocycles. The van der Waals surface area contributed by atoms with E-state index in [0.29, 0.717) is 5.69 Å². The molecule has 0 aliphatic rings. The van der Waals surface area contributed by atoms with E-state index in [9.17, 15) is 0 Å². The monoisotopic (exact) mass is 159 g/mol. The predicted octanol–water partition coefficient (Wildman–Crippen LogP) is 1.07. The van der Waals surface area contributed by atoms with Gasteiger partial charge in [0.2, 0.25) is 0 Å². The fourth-order valence-electron chi connectivity index (χ4n) is 0.612. The third-order valence-electron chi connectivity index (χ3n) is 0.969. The maximum absolute atomic E-state index is 5.39. The van der Waals surface area contributed by atoms with E-state index in [1.165, 1.54) is 0 Å². The molecule has 1 aromatic rings. The highest BCUT2D eigenvalue weighted by Crippen LogP contribution is 1.96. The van der Waals surface area contributed by atoms with E-state index in [-0.39, 0.29) is 12.4 Å². The fraction of sp³-hybridized carbons (Fsp3) is 0.167. The molecule has 1 rings (SSSR count). The van der Waals surface area contributed by atoms with E-state index in [1.807, 2.05) is 0 Å². The molecule has 0 spiro atoms. The van der Waals surface area contributed by atoms with Crippen LogP contribution in [0.25, 0.3) is 0 Å². The van der Waals surface area contributed by atoms with Gasteiger partial charge < -0.3 is 5.73 Å². The molecular weight excluding hydrogens is 150 g/mol. The second-order valence-electron chi connectivity index (χ2n) is 1.78. The van der Waals surface area contributed by atoms with Crippen molar-refractivity contribution >= 4 is 18.1 Å². The summed E-state index contributed by atoms with van der Waals surface area (Å²) in [5.41, 5.74) is 6.08. The van der Waals surface area contributed by atoms with Gasteiger partial charge in [0.05, 0.1) is 18.4 Å². The summed E-state index contributed by atoms with van der Waals surface area (Å²) in [6.07, 6.45) is 5.15. The average molecular weight is 160 g/mol. The molecule has 0 radical (unpaired) electrons. The quantitative estimate of drug-likeness (QED) is 0.657. The maximum Gasteiger partial charge on any atom is 0.0719 e. The number of halogens is 1. The van der Waals surface area contributed by atoms with Gasteiger partial charge in [0, 0.05) is 6.20 Å². The number of nitrogens with two attached hydrogens (primary N) is 1. The van der Waals surface area contributed by atoms with Gasteiger partial charge in [-0.25, -0.2) is 0 Å². The number of rotatable bonds is 2. The number of nitrogen functional groups attached to an aromatic ring is 1. The maximum atomic E-state index is 5.39. The Hall–Kier alpha value is -0.960. The van der Waals surface area contributed by atoms with Crippen molar-refractivity contribution in [1.29, 1.82) is 0 Å². The Balaban J connectivity index is 0.000000810. The van der Waals surface area contributed by atoms with Gasteiger partial charge in [-0.2, -0.15) is 5.10 Å². The first-order valence-electron chi connectivity index (χ1n) is 2.72. The number of hydrogen-bond acceptors (Lipinski definition) is 2. The lowest BCUT2D eigenvalue weighted by Crippen LogP contribution is -1.93. The second kappa shape index (κ2) is 3.95. The van der Waals surface area contributed by atoms with Gasteiger partial charge in [-0.3, -0.25) is 4.68 Å². The third-order valence-corrected chi connectivity index (χ3v) is 0.969. The van der Waals surface area contributed by atoms with Gasteiger partial charge in [-0.1, -0.05) is 6.08 Å². The van der Waals surface area contributed by atoms with Crippen molar-refractivity contribution in [2.24, 2.45) is 0 Å². The summed E-state index contributed by atoms with van der Waals surface area (Å²) in [4.78, 5) is 0. The Morgan fingerprint density at radius 2 is 2.50 bits per heavy atom. The second-order valence-corrected chi connectivity index (χ2v) is 1.78. The summed E-state index contributed by atoms with van der Waals surface area (Å²) in [6, 6.07) is 0. The standard InChI is InChI=1S/C6H9N3.ClH/c1-2-3-9-5-6(7)4-8-9;/h2,4-5H,1,3,7H2;1H. The molecule has 0 fully saturated rings. The molecule has 0 atom stereocenters. The van der Waals surface area contributed by atoms with E-state index in [2.05, 4.69) is 11.7 Å². The van der Waals surface area contributed by atoms with Gasteiger partial charge in [0.1, 0.15) is 0 Å². The number of nitrogens with zero attached hydrogens (tertiary/aromatic N) is 2. The third kappa shape index (κ3) is 2.11. The summed E-state index contributed by atoms with van der Waals surface area (Å²) in [6.45, 7) is 4.28. The summed E-state index contributed by atoms with van der Waals surface area (Å²) < 4.78 is 1.72. The van der Waals surface area contributed by atoms with Crippen molar-refractivity contribution in [3.05, 3.63) is 25.0 Å². The van der Waals surface area contributed by atoms with Crippen LogP contribution in [0.4, 0.5) is 5.69 Å². The average Bonchev–Trinajstić information content (AvgIpc) is 2.17. The van der Waals surface area contributed by atoms with E-state index in [4.69, 9.17) is 5.73 Å². The molecule has 1 heterocycles. The minimum Gasteiger partial charge on any atom is -0.396 e. The molecule has 0 aliphatic heterocycles. The van der Waals surface area contributed by atoms with E-state index in [1.54, 1.807) is 23.2 Å². The minimum absolute atomic E-state index is 0.